The Labute approximate surface area is 127 Å². The quantitative estimate of drug-likeness (QED) is 0.444. The van der Waals surface area contributed by atoms with Crippen molar-refractivity contribution in [2.24, 2.45) is 0 Å². The van der Waals surface area contributed by atoms with Crippen LogP contribution in [0.25, 0.3) is 0 Å². The lowest BCUT2D eigenvalue weighted by molar-refractivity contribution is -0.126. The summed E-state index contributed by atoms with van der Waals surface area (Å²) in [6.07, 6.45) is 1.53. The molecule has 2 rings (SSSR count). The van der Waals surface area contributed by atoms with Gasteiger partial charge in [0, 0.05) is 26.8 Å². The number of carbonyl (C=O) groups is 2. The third kappa shape index (κ3) is 3.06. The molecule has 0 spiro atoms. The number of fused-ring (bicyclic) bond motifs is 2. The molecule has 0 radical (unpaired) electrons. The zero-order valence-electron chi connectivity index (χ0n) is 12.3. The number of hydrogen-bond donors (Lipinski definition) is 0. The SMILES string of the molecule is COC[C@@H]1C=C(C(=O)N(C)C)[C@@H]2CN1C(=O)N2OS(=O)(=O)[O-]. The summed E-state index contributed by atoms with van der Waals surface area (Å²) in [7, 11) is -0.656. The Morgan fingerprint density at radius 3 is 2.64 bits per heavy atom. The summed E-state index contributed by atoms with van der Waals surface area (Å²) < 4.78 is 41.6. The van der Waals surface area contributed by atoms with Gasteiger partial charge in [0.15, 0.2) is 0 Å². The van der Waals surface area contributed by atoms with Crippen LogP contribution in [0.15, 0.2) is 11.6 Å². The van der Waals surface area contributed by atoms with Crippen molar-refractivity contribution in [3.8, 4) is 0 Å². The van der Waals surface area contributed by atoms with E-state index in [1.54, 1.807) is 0 Å². The van der Waals surface area contributed by atoms with E-state index in [1.807, 2.05) is 0 Å². The first kappa shape index (κ1) is 16.7. The second kappa shape index (κ2) is 5.83. The van der Waals surface area contributed by atoms with Crippen molar-refractivity contribution in [2.75, 3.05) is 34.4 Å². The molecular weight excluding hydrogens is 318 g/mol. The number of amides is 3. The maximum Gasteiger partial charge on any atom is 0.346 e. The van der Waals surface area contributed by atoms with Crippen molar-refractivity contribution < 1.29 is 31.6 Å². The highest BCUT2D eigenvalue weighted by Gasteiger charge is 2.49. The number of urea groups is 1. The molecule has 0 aromatic rings. The Morgan fingerprint density at radius 2 is 2.14 bits per heavy atom. The Hall–Kier alpha value is -1.69. The Morgan fingerprint density at radius 1 is 1.50 bits per heavy atom. The lowest BCUT2D eigenvalue weighted by Gasteiger charge is -2.29. The molecule has 0 N–H and O–H groups in total. The fraction of sp³-hybridized carbons (Fsp3) is 0.636. The van der Waals surface area contributed by atoms with Gasteiger partial charge in [-0.05, 0) is 6.08 Å². The van der Waals surface area contributed by atoms with Crippen molar-refractivity contribution in [1.29, 1.82) is 0 Å². The number of hydroxylamine groups is 2. The molecule has 0 aromatic carbocycles. The summed E-state index contributed by atoms with van der Waals surface area (Å²) in [6.45, 7) is 0.161. The molecule has 0 aliphatic carbocycles. The van der Waals surface area contributed by atoms with Gasteiger partial charge in [0.1, 0.15) is 6.04 Å². The summed E-state index contributed by atoms with van der Waals surface area (Å²) in [6, 6.07) is -2.31. The number of carbonyl (C=O) groups excluding carboxylic acids is 2. The van der Waals surface area contributed by atoms with E-state index in [1.165, 1.54) is 37.1 Å². The standard InChI is InChI=1S/C11H17N3O7S/c1-12(2)10(15)8-4-7(6-20-3)13-5-9(8)14(11(13)16)21-22(17,18)19/h4,7,9H,5-6H2,1-3H3,(H,17,18,19)/p-1/t7-,9-/m0/s1. The Kier molecular flexibility index (Phi) is 4.42. The maximum absolute atomic E-state index is 12.2. The maximum atomic E-state index is 12.2. The predicted molar refractivity (Wildman–Crippen MR) is 71.0 cm³/mol. The van der Waals surface area contributed by atoms with Gasteiger partial charge in [-0.15, -0.1) is 0 Å². The summed E-state index contributed by atoms with van der Waals surface area (Å²) in [5.74, 6) is -0.405. The minimum absolute atomic E-state index is 0.0355. The van der Waals surface area contributed by atoms with Gasteiger partial charge in [-0.2, -0.15) is 9.35 Å². The number of rotatable bonds is 5. The lowest BCUT2D eigenvalue weighted by Crippen LogP contribution is -2.44. The van der Waals surface area contributed by atoms with Gasteiger partial charge < -0.3 is 19.1 Å². The second-order valence-corrected chi connectivity index (χ2v) is 6.07. The van der Waals surface area contributed by atoms with Crippen LogP contribution in [-0.2, 0) is 24.2 Å². The first-order valence-corrected chi connectivity index (χ1v) is 7.66. The summed E-state index contributed by atoms with van der Waals surface area (Å²) in [5.41, 5.74) is 0.179. The van der Waals surface area contributed by atoms with Crippen molar-refractivity contribution in [1.82, 2.24) is 14.9 Å². The van der Waals surface area contributed by atoms with Gasteiger partial charge in [0.05, 0.1) is 19.2 Å². The largest absolute Gasteiger partial charge is 0.724 e. The first-order chi connectivity index (χ1) is 10.2. The molecule has 2 aliphatic rings. The molecule has 2 atom stereocenters. The molecule has 1 fully saturated rings. The van der Waals surface area contributed by atoms with E-state index in [0.717, 1.165) is 0 Å². The molecular formula is C11H16N3O7S-. The fourth-order valence-electron chi connectivity index (χ4n) is 2.47. The van der Waals surface area contributed by atoms with Gasteiger partial charge in [0.25, 0.3) is 5.91 Å². The van der Waals surface area contributed by atoms with Crippen LogP contribution in [0.5, 0.6) is 0 Å². The van der Waals surface area contributed by atoms with Gasteiger partial charge in [-0.1, -0.05) is 0 Å². The Bertz CT molecular complexity index is 615. The molecule has 0 unspecified atom stereocenters. The van der Waals surface area contributed by atoms with Crippen molar-refractivity contribution >= 4 is 22.3 Å². The molecule has 3 amide bonds. The zero-order valence-corrected chi connectivity index (χ0v) is 13.1. The molecule has 2 aliphatic heterocycles. The van der Waals surface area contributed by atoms with E-state index in [4.69, 9.17) is 4.74 Å². The summed E-state index contributed by atoms with van der Waals surface area (Å²) in [4.78, 5) is 27.0. The van der Waals surface area contributed by atoms with Gasteiger partial charge >= 0.3 is 6.03 Å². The van der Waals surface area contributed by atoms with Crippen LogP contribution in [0.1, 0.15) is 0 Å². The third-order valence-electron chi connectivity index (χ3n) is 3.38. The predicted octanol–water partition coefficient (Wildman–Crippen LogP) is -1.47. The monoisotopic (exact) mass is 334 g/mol. The summed E-state index contributed by atoms with van der Waals surface area (Å²) >= 11 is 0. The molecule has 11 heteroatoms. The number of nitrogens with zero attached hydrogens (tertiary/aromatic N) is 3. The average Bonchev–Trinajstić information content (AvgIpc) is 2.66. The van der Waals surface area contributed by atoms with E-state index >= 15 is 0 Å². The molecule has 10 nitrogen and oxygen atoms in total. The molecule has 0 saturated carbocycles. The topological polar surface area (TPSA) is 120 Å². The van der Waals surface area contributed by atoms with Gasteiger partial charge in [0.2, 0.25) is 10.4 Å². The smallest absolute Gasteiger partial charge is 0.346 e. The van der Waals surface area contributed by atoms with Crippen molar-refractivity contribution in [3.63, 3.8) is 0 Å². The first-order valence-electron chi connectivity index (χ1n) is 6.33. The molecule has 0 aromatic heterocycles. The van der Waals surface area contributed by atoms with Crippen LogP contribution in [0, 0.1) is 0 Å². The number of likely N-dealkylation sites (N-methyl/N-ethyl adjacent to an activating group) is 1. The molecule has 1 saturated heterocycles. The summed E-state index contributed by atoms with van der Waals surface area (Å²) in [5, 5.41) is 0.436. The van der Waals surface area contributed by atoms with Crippen LogP contribution in [0.3, 0.4) is 0 Å². The van der Waals surface area contributed by atoms with Crippen LogP contribution in [0.2, 0.25) is 0 Å². The number of hydrogen-bond acceptors (Lipinski definition) is 7. The highest BCUT2D eigenvalue weighted by atomic mass is 32.3. The van der Waals surface area contributed by atoms with E-state index < -0.39 is 34.4 Å². The van der Waals surface area contributed by atoms with Crippen molar-refractivity contribution in [3.05, 3.63) is 11.6 Å². The van der Waals surface area contributed by atoms with E-state index in [2.05, 4.69) is 4.28 Å². The van der Waals surface area contributed by atoms with Crippen LogP contribution in [0.4, 0.5) is 4.79 Å². The number of methoxy groups -OCH3 is 1. The lowest BCUT2D eigenvalue weighted by atomic mass is 9.99. The van der Waals surface area contributed by atoms with E-state index in [-0.39, 0.29) is 18.7 Å². The molecule has 124 valence electrons. The second-order valence-electron chi connectivity index (χ2n) is 5.10. The van der Waals surface area contributed by atoms with Crippen LogP contribution >= 0.6 is 0 Å². The van der Waals surface area contributed by atoms with E-state index in [9.17, 15) is 22.6 Å². The Balaban J connectivity index is 2.39. The molecule has 2 heterocycles. The zero-order chi connectivity index (χ0) is 16.7. The van der Waals surface area contributed by atoms with Crippen molar-refractivity contribution in [2.45, 2.75) is 12.1 Å². The minimum Gasteiger partial charge on any atom is -0.724 e. The molecule has 22 heavy (non-hydrogen) atoms. The minimum atomic E-state index is -5.13. The van der Waals surface area contributed by atoms with Crippen LogP contribution in [-0.4, -0.2) is 86.2 Å². The van der Waals surface area contributed by atoms with Gasteiger partial charge in [-0.3, -0.25) is 4.79 Å². The van der Waals surface area contributed by atoms with Crippen LogP contribution < -0.4 is 0 Å². The highest BCUT2D eigenvalue weighted by molar-refractivity contribution is 7.80. The third-order valence-corrected chi connectivity index (χ3v) is 3.72. The fourth-order valence-corrected chi connectivity index (χ4v) is 2.84. The normalized spacial score (nSPS) is 24.5. The average molecular weight is 334 g/mol. The van der Waals surface area contributed by atoms with E-state index in [0.29, 0.717) is 5.06 Å². The molecule has 2 bridgehead atoms. The highest BCUT2D eigenvalue weighted by Crippen LogP contribution is 2.31. The van der Waals surface area contributed by atoms with Gasteiger partial charge in [-0.25, -0.2) is 13.2 Å². The number of ether oxygens (including phenoxy) is 1.